The van der Waals surface area contributed by atoms with Gasteiger partial charge in [0.1, 0.15) is 11.6 Å². The summed E-state index contributed by atoms with van der Waals surface area (Å²) < 4.78 is 38.8. The fourth-order valence-electron chi connectivity index (χ4n) is 3.09. The van der Waals surface area contributed by atoms with Crippen LogP contribution in [0.2, 0.25) is 0 Å². The van der Waals surface area contributed by atoms with Crippen molar-refractivity contribution in [1.29, 1.82) is 0 Å². The predicted octanol–water partition coefficient (Wildman–Crippen LogP) is 4.47. The second kappa shape index (κ2) is 4.45. The van der Waals surface area contributed by atoms with Crippen molar-refractivity contribution in [1.82, 2.24) is 0 Å². The molecule has 1 radical (unpaired) electrons. The van der Waals surface area contributed by atoms with Gasteiger partial charge in [-0.1, -0.05) is 12.1 Å². The first-order valence-electron chi connectivity index (χ1n) is 7.05. The molecule has 0 aromatic heterocycles. The summed E-state index contributed by atoms with van der Waals surface area (Å²) in [6.07, 6.45) is 3.79. The molecule has 2 aromatic carbocycles. The van der Waals surface area contributed by atoms with E-state index in [0.717, 1.165) is 31.7 Å². The maximum Gasteiger partial charge on any atom is 0.251 e. The van der Waals surface area contributed by atoms with Crippen LogP contribution >= 0.6 is 0 Å². The Bertz CT molecular complexity index is 686. The minimum Gasteiger partial charge on any atom is -0.448 e. The van der Waals surface area contributed by atoms with Crippen LogP contribution in [0, 0.1) is 17.7 Å². The van der Waals surface area contributed by atoms with Crippen LogP contribution in [0.3, 0.4) is 0 Å². The van der Waals surface area contributed by atoms with E-state index < -0.39 is 17.4 Å². The molecule has 21 heavy (non-hydrogen) atoms. The van der Waals surface area contributed by atoms with Gasteiger partial charge >= 0.3 is 0 Å². The molecule has 0 saturated heterocycles. The summed E-state index contributed by atoms with van der Waals surface area (Å²) in [7, 11) is 0. The van der Waals surface area contributed by atoms with E-state index in [1.54, 1.807) is 12.1 Å². The van der Waals surface area contributed by atoms with Gasteiger partial charge in [0.2, 0.25) is 0 Å². The summed E-state index contributed by atoms with van der Waals surface area (Å²) in [5, 5.41) is 0. The first-order valence-corrected chi connectivity index (χ1v) is 7.05. The molecular formula is C17H13F2O2. The molecule has 1 spiro atoms. The normalized spacial score (nSPS) is 18.4. The molecule has 1 fully saturated rings. The number of hydrogen-bond acceptors (Lipinski definition) is 2. The Morgan fingerprint density at radius 1 is 1.05 bits per heavy atom. The Morgan fingerprint density at radius 2 is 1.86 bits per heavy atom. The molecule has 1 aliphatic heterocycles. The standard InChI is InChI=1S/C17H13F2O2/c18-12-8-11(9-13(19)10-12)14-4-3-5-15-16(14)21-17(20-15)6-1-2-7-17/h3-5,8,10H,1-2,6-7H2. The molecule has 1 aliphatic carbocycles. The lowest BCUT2D eigenvalue weighted by molar-refractivity contribution is -0.0714. The summed E-state index contributed by atoms with van der Waals surface area (Å²) in [6.45, 7) is 0. The van der Waals surface area contributed by atoms with E-state index in [1.165, 1.54) is 6.07 Å². The average molecular weight is 287 g/mol. The second-order valence-electron chi connectivity index (χ2n) is 5.51. The minimum atomic E-state index is -0.725. The van der Waals surface area contributed by atoms with Crippen LogP contribution in [-0.4, -0.2) is 5.79 Å². The predicted molar refractivity (Wildman–Crippen MR) is 73.1 cm³/mol. The van der Waals surface area contributed by atoms with Gasteiger partial charge in [0.25, 0.3) is 5.79 Å². The largest absolute Gasteiger partial charge is 0.448 e. The summed E-state index contributed by atoms with van der Waals surface area (Å²) in [5.74, 6) is -0.761. The van der Waals surface area contributed by atoms with Gasteiger partial charge in [0.15, 0.2) is 11.5 Å². The second-order valence-corrected chi connectivity index (χ2v) is 5.51. The Labute approximate surface area is 121 Å². The molecule has 0 unspecified atom stereocenters. The molecule has 2 aromatic rings. The van der Waals surface area contributed by atoms with Crippen molar-refractivity contribution in [2.24, 2.45) is 0 Å². The van der Waals surface area contributed by atoms with Crippen molar-refractivity contribution >= 4 is 0 Å². The van der Waals surface area contributed by atoms with Crippen LogP contribution in [-0.2, 0) is 0 Å². The minimum absolute atomic E-state index is 0.336. The zero-order chi connectivity index (χ0) is 14.4. The van der Waals surface area contributed by atoms with E-state index in [0.29, 0.717) is 22.6 Å². The van der Waals surface area contributed by atoms with Crippen LogP contribution in [0.25, 0.3) is 11.1 Å². The van der Waals surface area contributed by atoms with Crippen molar-refractivity contribution in [3.05, 3.63) is 48.0 Å². The van der Waals surface area contributed by atoms with Gasteiger partial charge in [-0.2, -0.15) is 0 Å². The Kier molecular flexibility index (Phi) is 2.67. The van der Waals surface area contributed by atoms with E-state index in [4.69, 9.17) is 9.47 Å². The van der Waals surface area contributed by atoms with Gasteiger partial charge in [-0.15, -0.1) is 0 Å². The van der Waals surface area contributed by atoms with Crippen LogP contribution in [0.15, 0.2) is 30.3 Å². The van der Waals surface area contributed by atoms with Gasteiger partial charge in [0.05, 0.1) is 0 Å². The van der Waals surface area contributed by atoms with Crippen LogP contribution in [0.4, 0.5) is 8.78 Å². The van der Waals surface area contributed by atoms with Gasteiger partial charge in [-0.05, 0) is 30.5 Å². The quantitative estimate of drug-likeness (QED) is 0.770. The van der Waals surface area contributed by atoms with Gasteiger partial charge in [0, 0.05) is 30.5 Å². The summed E-state index contributed by atoms with van der Waals surface area (Å²) in [5.41, 5.74) is 0.942. The van der Waals surface area contributed by atoms with E-state index in [2.05, 4.69) is 6.07 Å². The van der Waals surface area contributed by atoms with Crippen molar-refractivity contribution < 1.29 is 18.3 Å². The molecule has 0 bridgehead atoms. The first kappa shape index (κ1) is 12.6. The van der Waals surface area contributed by atoms with Crippen molar-refractivity contribution in [2.75, 3.05) is 0 Å². The molecule has 107 valence electrons. The van der Waals surface area contributed by atoms with E-state index >= 15 is 0 Å². The SMILES string of the molecule is Fc1[c]c(-c2cccc3c2OC2(CCCC2)O3)cc(F)c1. The smallest absolute Gasteiger partial charge is 0.251 e. The van der Waals surface area contributed by atoms with Crippen LogP contribution in [0.5, 0.6) is 11.5 Å². The maximum atomic E-state index is 13.4. The number of benzene rings is 2. The lowest BCUT2D eigenvalue weighted by atomic mass is 10.0. The molecule has 4 rings (SSSR count). The summed E-state index contributed by atoms with van der Waals surface area (Å²) >= 11 is 0. The lowest BCUT2D eigenvalue weighted by Crippen LogP contribution is -2.34. The molecule has 2 nitrogen and oxygen atoms in total. The number of halogens is 2. The van der Waals surface area contributed by atoms with Crippen molar-refractivity contribution in [3.8, 4) is 22.6 Å². The van der Waals surface area contributed by atoms with Gasteiger partial charge in [-0.3, -0.25) is 0 Å². The Balaban J connectivity index is 1.81. The lowest BCUT2D eigenvalue weighted by Gasteiger charge is -2.21. The maximum absolute atomic E-state index is 13.4. The zero-order valence-electron chi connectivity index (χ0n) is 11.3. The third-order valence-electron chi connectivity index (χ3n) is 4.02. The van der Waals surface area contributed by atoms with Gasteiger partial charge in [-0.25, -0.2) is 8.78 Å². The fraction of sp³-hybridized carbons (Fsp3) is 0.294. The summed E-state index contributed by atoms with van der Waals surface area (Å²) in [6, 6.07) is 9.97. The van der Waals surface area contributed by atoms with Gasteiger partial charge < -0.3 is 9.47 Å². The molecule has 4 heteroatoms. The number of para-hydroxylation sites is 1. The topological polar surface area (TPSA) is 18.5 Å². The van der Waals surface area contributed by atoms with E-state index in [9.17, 15) is 8.78 Å². The highest BCUT2D eigenvalue weighted by Crippen LogP contribution is 2.50. The van der Waals surface area contributed by atoms with Crippen molar-refractivity contribution in [3.63, 3.8) is 0 Å². The van der Waals surface area contributed by atoms with Crippen LogP contribution < -0.4 is 9.47 Å². The zero-order valence-corrected chi connectivity index (χ0v) is 11.3. The van der Waals surface area contributed by atoms with E-state index in [-0.39, 0.29) is 0 Å². The number of hydrogen-bond donors (Lipinski definition) is 0. The third kappa shape index (κ3) is 2.06. The molecule has 1 heterocycles. The Morgan fingerprint density at radius 3 is 2.62 bits per heavy atom. The van der Waals surface area contributed by atoms with E-state index in [1.807, 2.05) is 6.07 Å². The Hall–Kier alpha value is -2.10. The highest BCUT2D eigenvalue weighted by Gasteiger charge is 2.44. The number of rotatable bonds is 1. The van der Waals surface area contributed by atoms with Crippen molar-refractivity contribution in [2.45, 2.75) is 31.5 Å². The highest BCUT2D eigenvalue weighted by atomic mass is 19.1. The number of ether oxygens (including phenoxy) is 2. The highest BCUT2D eigenvalue weighted by molar-refractivity contribution is 5.74. The molecule has 0 amide bonds. The average Bonchev–Trinajstić information content (AvgIpc) is 3.03. The summed E-state index contributed by atoms with van der Waals surface area (Å²) in [4.78, 5) is 0. The molecule has 0 atom stereocenters. The molecule has 0 N–H and O–H groups in total. The molecule has 2 aliphatic rings. The van der Waals surface area contributed by atoms with Crippen LogP contribution in [0.1, 0.15) is 25.7 Å². The third-order valence-corrected chi connectivity index (χ3v) is 4.02. The molecule has 1 saturated carbocycles. The number of fused-ring (bicyclic) bond motifs is 1. The first-order chi connectivity index (χ1) is 10.2. The fourth-order valence-corrected chi connectivity index (χ4v) is 3.09. The monoisotopic (exact) mass is 287 g/mol. The molecular weight excluding hydrogens is 274 g/mol.